The molecule has 0 heterocycles. The Hall–Kier alpha value is -0.363. The van der Waals surface area contributed by atoms with Crippen molar-refractivity contribution in [2.75, 3.05) is 27.9 Å². The molecule has 0 unspecified atom stereocenters. The second kappa shape index (κ2) is 8.75. The Kier molecular flexibility index (Phi) is 8.55. The van der Waals surface area contributed by atoms with Crippen molar-refractivity contribution in [3.05, 3.63) is 11.8 Å². The Morgan fingerprint density at radius 1 is 1.12 bits per heavy atom. The molecule has 5 heteroatoms. The minimum Gasteiger partial charge on any atom is -0.499 e. The van der Waals surface area contributed by atoms with E-state index in [9.17, 15) is 0 Å². The van der Waals surface area contributed by atoms with E-state index < -0.39 is 8.80 Å². The molecule has 0 radical (unpaired) electrons. The predicted molar refractivity (Wildman–Crippen MR) is 66.2 cm³/mol. The monoisotopic (exact) mass is 248 g/mol. The normalized spacial score (nSPS) is 12.9. The molecular weight excluding hydrogens is 224 g/mol. The molecule has 0 amide bonds. The maximum Gasteiger partial charge on any atom is 0.500 e. The number of ether oxygens (including phenoxy) is 1. The fourth-order valence-corrected chi connectivity index (χ4v) is 3.11. The molecule has 0 aliphatic heterocycles. The average Bonchev–Trinajstić information content (AvgIpc) is 2.31. The first-order valence-corrected chi connectivity index (χ1v) is 7.52. The standard InChI is InChI=1S/C11H24O4Si/c1-6-8-11(2)15-9-7-10-16(12-3,13-4)14-5/h8H,6-7,9-10H2,1-5H3. The zero-order valence-electron chi connectivity index (χ0n) is 11.0. The second-order valence-electron chi connectivity index (χ2n) is 3.47. The molecule has 96 valence electrons. The van der Waals surface area contributed by atoms with Gasteiger partial charge in [0.1, 0.15) is 0 Å². The molecule has 0 aromatic heterocycles. The van der Waals surface area contributed by atoms with Gasteiger partial charge in [-0.15, -0.1) is 0 Å². The molecule has 16 heavy (non-hydrogen) atoms. The summed E-state index contributed by atoms with van der Waals surface area (Å²) in [6.07, 6.45) is 3.93. The van der Waals surface area contributed by atoms with E-state index in [1.54, 1.807) is 21.3 Å². The van der Waals surface area contributed by atoms with Crippen LogP contribution in [0.25, 0.3) is 0 Å². The molecule has 0 atom stereocenters. The lowest BCUT2D eigenvalue weighted by molar-refractivity contribution is 0.118. The molecule has 0 aliphatic rings. The molecule has 0 N–H and O–H groups in total. The zero-order valence-corrected chi connectivity index (χ0v) is 12.0. The van der Waals surface area contributed by atoms with Gasteiger partial charge in [0.05, 0.1) is 12.4 Å². The highest BCUT2D eigenvalue weighted by Crippen LogP contribution is 2.15. The van der Waals surface area contributed by atoms with Gasteiger partial charge in [0.15, 0.2) is 0 Å². The molecular formula is C11H24O4Si. The fourth-order valence-electron chi connectivity index (χ4n) is 1.42. The second-order valence-corrected chi connectivity index (χ2v) is 6.56. The van der Waals surface area contributed by atoms with Gasteiger partial charge in [-0.1, -0.05) is 6.92 Å². The molecule has 0 bridgehead atoms. The van der Waals surface area contributed by atoms with E-state index in [2.05, 4.69) is 13.0 Å². The largest absolute Gasteiger partial charge is 0.500 e. The van der Waals surface area contributed by atoms with E-state index in [-0.39, 0.29) is 0 Å². The van der Waals surface area contributed by atoms with Crippen LogP contribution >= 0.6 is 0 Å². The van der Waals surface area contributed by atoms with Gasteiger partial charge in [-0.05, 0) is 25.8 Å². The Morgan fingerprint density at radius 3 is 2.12 bits per heavy atom. The molecule has 0 aromatic carbocycles. The molecule has 0 fully saturated rings. The van der Waals surface area contributed by atoms with Crippen LogP contribution in [-0.4, -0.2) is 36.7 Å². The number of rotatable bonds is 9. The zero-order chi connectivity index (χ0) is 12.4. The first-order valence-electron chi connectivity index (χ1n) is 5.59. The van der Waals surface area contributed by atoms with E-state index in [1.807, 2.05) is 6.92 Å². The van der Waals surface area contributed by atoms with Crippen LogP contribution in [-0.2, 0) is 18.0 Å². The molecule has 0 spiro atoms. The van der Waals surface area contributed by atoms with Crippen molar-refractivity contribution in [3.8, 4) is 0 Å². The highest BCUT2D eigenvalue weighted by atomic mass is 28.4. The third kappa shape index (κ3) is 5.65. The third-order valence-electron chi connectivity index (χ3n) is 2.38. The summed E-state index contributed by atoms with van der Waals surface area (Å²) in [5, 5.41) is 0. The van der Waals surface area contributed by atoms with Gasteiger partial charge in [-0.2, -0.15) is 0 Å². The smallest absolute Gasteiger partial charge is 0.499 e. The summed E-state index contributed by atoms with van der Waals surface area (Å²) in [7, 11) is 2.47. The van der Waals surface area contributed by atoms with Gasteiger partial charge >= 0.3 is 8.80 Å². The van der Waals surface area contributed by atoms with Crippen LogP contribution in [0.2, 0.25) is 6.04 Å². The molecule has 4 nitrogen and oxygen atoms in total. The molecule has 0 rings (SSSR count). The Morgan fingerprint density at radius 2 is 1.69 bits per heavy atom. The Bertz CT molecular complexity index is 194. The SMILES string of the molecule is CCC=C(C)OCCC[Si](OC)(OC)OC. The van der Waals surface area contributed by atoms with E-state index in [0.29, 0.717) is 6.61 Å². The molecule has 0 aliphatic carbocycles. The van der Waals surface area contributed by atoms with Crippen molar-refractivity contribution in [1.29, 1.82) is 0 Å². The predicted octanol–water partition coefficient (Wildman–Crippen LogP) is 2.59. The molecule has 0 saturated carbocycles. The van der Waals surface area contributed by atoms with Crippen LogP contribution in [0.4, 0.5) is 0 Å². The van der Waals surface area contributed by atoms with Crippen LogP contribution in [0.1, 0.15) is 26.7 Å². The maximum absolute atomic E-state index is 5.53. The summed E-state index contributed by atoms with van der Waals surface area (Å²) < 4.78 is 21.5. The van der Waals surface area contributed by atoms with Crippen LogP contribution < -0.4 is 0 Å². The quantitative estimate of drug-likeness (QED) is 0.357. The number of allylic oxidation sites excluding steroid dienone is 2. The van der Waals surface area contributed by atoms with Crippen molar-refractivity contribution < 1.29 is 18.0 Å². The first kappa shape index (κ1) is 15.6. The van der Waals surface area contributed by atoms with Gasteiger partial charge in [0, 0.05) is 27.4 Å². The highest BCUT2D eigenvalue weighted by molar-refractivity contribution is 6.60. The van der Waals surface area contributed by atoms with Crippen molar-refractivity contribution in [3.63, 3.8) is 0 Å². The first-order chi connectivity index (χ1) is 7.64. The summed E-state index contributed by atoms with van der Waals surface area (Å²) in [6.45, 7) is 4.73. The molecule has 0 saturated heterocycles. The topological polar surface area (TPSA) is 36.9 Å². The number of hydrogen-bond donors (Lipinski definition) is 0. The minimum absolute atomic E-state index is 0.674. The van der Waals surface area contributed by atoms with Gasteiger partial charge in [0.25, 0.3) is 0 Å². The van der Waals surface area contributed by atoms with Gasteiger partial charge in [-0.3, -0.25) is 0 Å². The van der Waals surface area contributed by atoms with Gasteiger partial charge < -0.3 is 18.0 Å². The van der Waals surface area contributed by atoms with Crippen LogP contribution in [0.3, 0.4) is 0 Å². The van der Waals surface area contributed by atoms with Crippen molar-refractivity contribution in [2.45, 2.75) is 32.7 Å². The minimum atomic E-state index is -2.41. The van der Waals surface area contributed by atoms with Crippen molar-refractivity contribution in [2.24, 2.45) is 0 Å². The van der Waals surface area contributed by atoms with Gasteiger partial charge in [0.2, 0.25) is 0 Å². The highest BCUT2D eigenvalue weighted by Gasteiger charge is 2.36. The van der Waals surface area contributed by atoms with Gasteiger partial charge in [-0.25, -0.2) is 0 Å². The van der Waals surface area contributed by atoms with Crippen LogP contribution in [0.5, 0.6) is 0 Å². The number of hydrogen-bond acceptors (Lipinski definition) is 4. The summed E-state index contributed by atoms with van der Waals surface area (Å²) in [6, 6.07) is 0.774. The van der Waals surface area contributed by atoms with E-state index >= 15 is 0 Å². The van der Waals surface area contributed by atoms with E-state index in [4.69, 9.17) is 18.0 Å². The van der Waals surface area contributed by atoms with E-state index in [1.165, 1.54) is 0 Å². The summed E-state index contributed by atoms with van der Waals surface area (Å²) >= 11 is 0. The van der Waals surface area contributed by atoms with Crippen molar-refractivity contribution in [1.82, 2.24) is 0 Å². The lowest BCUT2D eigenvalue weighted by atomic mass is 10.4. The van der Waals surface area contributed by atoms with E-state index in [0.717, 1.165) is 24.6 Å². The Balaban J connectivity index is 3.83. The van der Waals surface area contributed by atoms with Crippen molar-refractivity contribution >= 4 is 8.80 Å². The Labute approximate surface area is 99.9 Å². The van der Waals surface area contributed by atoms with Crippen LogP contribution in [0.15, 0.2) is 11.8 Å². The molecule has 0 aromatic rings. The average molecular weight is 248 g/mol. The fraction of sp³-hybridized carbons (Fsp3) is 0.818. The van der Waals surface area contributed by atoms with Crippen LogP contribution in [0, 0.1) is 0 Å². The third-order valence-corrected chi connectivity index (χ3v) is 5.21. The lowest BCUT2D eigenvalue weighted by Gasteiger charge is -2.24. The lowest BCUT2D eigenvalue weighted by Crippen LogP contribution is -2.42. The summed E-state index contributed by atoms with van der Waals surface area (Å²) in [5.41, 5.74) is 0. The maximum atomic E-state index is 5.53. The summed E-state index contributed by atoms with van der Waals surface area (Å²) in [5.74, 6) is 0.974. The summed E-state index contributed by atoms with van der Waals surface area (Å²) in [4.78, 5) is 0.